The van der Waals surface area contributed by atoms with Crippen LogP contribution in [-0.4, -0.2) is 19.6 Å². The topological polar surface area (TPSA) is 40.5 Å². The fourth-order valence-corrected chi connectivity index (χ4v) is 4.73. The summed E-state index contributed by atoms with van der Waals surface area (Å²) in [7, 11) is 0. The first-order chi connectivity index (χ1) is 9.79. The summed E-state index contributed by atoms with van der Waals surface area (Å²) in [4.78, 5) is 0. The molecule has 2 unspecified atom stereocenters. The second kappa shape index (κ2) is 5.39. The van der Waals surface area contributed by atoms with Gasteiger partial charge in [-0.2, -0.15) is 0 Å². The fraction of sp³-hybridized carbons (Fsp3) is 0.529. The van der Waals surface area contributed by atoms with Crippen LogP contribution < -0.4 is 0 Å². The maximum Gasteiger partial charge on any atom is 0.114 e. The molecule has 114 valence electrons. The molecule has 0 saturated carbocycles. The lowest BCUT2D eigenvalue weighted by atomic mass is 9.82. The Labute approximate surface area is 142 Å². The molecule has 0 aromatic heterocycles. The maximum absolute atomic E-state index is 10.3. The summed E-state index contributed by atoms with van der Waals surface area (Å²) in [5.74, 6) is 0.716. The Morgan fingerprint density at radius 3 is 2.57 bits per heavy atom. The van der Waals surface area contributed by atoms with Crippen LogP contribution in [-0.2, 0) is 0 Å². The maximum atomic E-state index is 10.3. The lowest BCUT2D eigenvalue weighted by Gasteiger charge is -2.25. The Balaban J connectivity index is 1.92. The van der Waals surface area contributed by atoms with Crippen molar-refractivity contribution in [3.8, 4) is 0 Å². The standard InChI is InChI=1S/C17H20Br2O2/c1-9-5-12(6-10(2)15(9)20)11-3-4-14-13(7-11)8-17(18,19)16(14)21/h5,7,10,16,20-21H,3-4,6,8H2,1-2H3. The minimum Gasteiger partial charge on any atom is -0.512 e. The summed E-state index contributed by atoms with van der Waals surface area (Å²) < 4.78 is -0.404. The van der Waals surface area contributed by atoms with Crippen LogP contribution in [0.5, 0.6) is 0 Å². The molecular weight excluding hydrogens is 396 g/mol. The van der Waals surface area contributed by atoms with Crippen molar-refractivity contribution < 1.29 is 10.2 Å². The van der Waals surface area contributed by atoms with Crippen molar-refractivity contribution in [2.75, 3.05) is 0 Å². The molecule has 2 atom stereocenters. The Kier molecular flexibility index (Phi) is 4.00. The molecule has 2 N–H and O–H groups in total. The number of halogens is 2. The van der Waals surface area contributed by atoms with Gasteiger partial charge in [-0.25, -0.2) is 0 Å². The molecule has 0 heterocycles. The summed E-state index contributed by atoms with van der Waals surface area (Å²) in [6.07, 6.45) is 7.51. The average Bonchev–Trinajstić information content (AvgIpc) is 2.65. The van der Waals surface area contributed by atoms with Gasteiger partial charge in [0.2, 0.25) is 0 Å². The summed E-state index contributed by atoms with van der Waals surface area (Å²) >= 11 is 7.16. The van der Waals surface area contributed by atoms with Crippen LogP contribution in [0.3, 0.4) is 0 Å². The van der Waals surface area contributed by atoms with Crippen LogP contribution in [0.25, 0.3) is 0 Å². The third-order valence-electron chi connectivity index (χ3n) is 4.78. The monoisotopic (exact) mass is 414 g/mol. The Morgan fingerprint density at radius 1 is 1.19 bits per heavy atom. The van der Waals surface area contributed by atoms with E-state index in [1.54, 1.807) is 0 Å². The smallest absolute Gasteiger partial charge is 0.114 e. The molecule has 4 heteroatoms. The molecule has 0 aromatic carbocycles. The number of hydrogen-bond acceptors (Lipinski definition) is 2. The van der Waals surface area contributed by atoms with Crippen LogP contribution in [0.2, 0.25) is 0 Å². The van der Waals surface area contributed by atoms with Crippen molar-refractivity contribution in [3.05, 3.63) is 45.8 Å². The number of aliphatic hydroxyl groups is 2. The SMILES string of the molecule is CC1=C(O)C(C)CC(C2=CC3=C(CC2)C(O)C(Br)(Br)C3)=C1. The molecule has 0 saturated heterocycles. The molecule has 3 aliphatic rings. The van der Waals surface area contributed by atoms with E-state index in [1.165, 1.54) is 16.7 Å². The molecule has 0 fully saturated rings. The van der Waals surface area contributed by atoms with Gasteiger partial charge in [0.1, 0.15) is 9.34 Å². The molecule has 0 radical (unpaired) electrons. The summed E-state index contributed by atoms with van der Waals surface area (Å²) in [6, 6.07) is 0. The van der Waals surface area contributed by atoms with Crippen molar-refractivity contribution in [1.82, 2.24) is 0 Å². The minimum absolute atomic E-state index is 0.196. The quantitative estimate of drug-likeness (QED) is 0.588. The zero-order valence-electron chi connectivity index (χ0n) is 12.3. The van der Waals surface area contributed by atoms with Gasteiger partial charge in [0.25, 0.3) is 0 Å². The van der Waals surface area contributed by atoms with Gasteiger partial charge in [-0.05, 0) is 54.1 Å². The highest BCUT2D eigenvalue weighted by atomic mass is 79.9. The third-order valence-corrected chi connectivity index (χ3v) is 6.21. The van der Waals surface area contributed by atoms with Gasteiger partial charge in [0.15, 0.2) is 0 Å². The number of allylic oxidation sites excluding steroid dienone is 7. The molecule has 3 rings (SSSR count). The van der Waals surface area contributed by atoms with E-state index in [1.807, 2.05) is 6.92 Å². The highest BCUT2D eigenvalue weighted by Gasteiger charge is 2.43. The molecule has 0 amide bonds. The van der Waals surface area contributed by atoms with Gasteiger partial charge >= 0.3 is 0 Å². The second-order valence-corrected chi connectivity index (χ2v) is 10.3. The molecule has 0 aliphatic heterocycles. The number of aliphatic hydroxyl groups excluding tert-OH is 2. The normalized spacial score (nSPS) is 32.0. The van der Waals surface area contributed by atoms with Crippen LogP contribution in [0.1, 0.15) is 39.5 Å². The molecule has 0 spiro atoms. The zero-order valence-corrected chi connectivity index (χ0v) is 15.5. The first-order valence-electron chi connectivity index (χ1n) is 7.38. The Morgan fingerprint density at radius 2 is 1.90 bits per heavy atom. The van der Waals surface area contributed by atoms with E-state index in [4.69, 9.17) is 0 Å². The highest BCUT2D eigenvalue weighted by Crippen LogP contribution is 2.51. The van der Waals surface area contributed by atoms with Gasteiger partial charge < -0.3 is 10.2 Å². The van der Waals surface area contributed by atoms with Crippen molar-refractivity contribution in [2.24, 2.45) is 5.92 Å². The lowest BCUT2D eigenvalue weighted by molar-refractivity contribution is 0.208. The molecule has 3 aliphatic carbocycles. The highest BCUT2D eigenvalue weighted by molar-refractivity contribution is 9.25. The Hall–Kier alpha value is -0.320. The van der Waals surface area contributed by atoms with Gasteiger partial charge in [-0.1, -0.05) is 50.9 Å². The number of hydrogen-bond donors (Lipinski definition) is 2. The van der Waals surface area contributed by atoms with Crippen LogP contribution >= 0.6 is 31.9 Å². The van der Waals surface area contributed by atoms with Crippen molar-refractivity contribution >= 4 is 31.9 Å². The predicted molar refractivity (Wildman–Crippen MR) is 92.7 cm³/mol. The first-order valence-corrected chi connectivity index (χ1v) is 8.97. The van der Waals surface area contributed by atoms with Crippen LogP contribution in [0, 0.1) is 5.92 Å². The van der Waals surface area contributed by atoms with Gasteiger partial charge in [0.05, 0.1) is 5.76 Å². The summed E-state index contributed by atoms with van der Waals surface area (Å²) in [5, 5.41) is 20.3. The number of alkyl halides is 2. The molecule has 2 nitrogen and oxygen atoms in total. The summed E-state index contributed by atoms with van der Waals surface area (Å²) in [5.41, 5.74) is 6.08. The van der Waals surface area contributed by atoms with E-state index in [9.17, 15) is 10.2 Å². The van der Waals surface area contributed by atoms with E-state index in [-0.39, 0.29) is 5.92 Å². The average molecular weight is 416 g/mol. The van der Waals surface area contributed by atoms with E-state index in [0.717, 1.165) is 36.8 Å². The molecular formula is C17H20Br2O2. The van der Waals surface area contributed by atoms with Crippen LogP contribution in [0.4, 0.5) is 0 Å². The van der Waals surface area contributed by atoms with E-state index < -0.39 is 9.34 Å². The lowest BCUT2D eigenvalue weighted by Crippen LogP contribution is -2.26. The predicted octanol–water partition coefficient (Wildman–Crippen LogP) is 5.05. The van der Waals surface area contributed by atoms with Gasteiger partial charge in [-0.15, -0.1) is 0 Å². The Bertz CT molecular complexity index is 608. The largest absolute Gasteiger partial charge is 0.512 e. The fourth-order valence-electron chi connectivity index (χ4n) is 3.57. The number of rotatable bonds is 1. The van der Waals surface area contributed by atoms with Gasteiger partial charge in [-0.3, -0.25) is 0 Å². The summed E-state index contributed by atoms with van der Waals surface area (Å²) in [6.45, 7) is 4.04. The third kappa shape index (κ3) is 2.71. The van der Waals surface area contributed by atoms with E-state index >= 15 is 0 Å². The van der Waals surface area contributed by atoms with E-state index in [0.29, 0.717) is 5.76 Å². The minimum atomic E-state index is -0.449. The van der Waals surface area contributed by atoms with E-state index in [2.05, 4.69) is 50.9 Å². The van der Waals surface area contributed by atoms with Crippen molar-refractivity contribution in [1.29, 1.82) is 0 Å². The molecule has 0 aromatic rings. The van der Waals surface area contributed by atoms with Crippen molar-refractivity contribution in [2.45, 2.75) is 48.9 Å². The zero-order chi connectivity index (χ0) is 15.4. The van der Waals surface area contributed by atoms with Gasteiger partial charge in [0, 0.05) is 12.3 Å². The second-order valence-electron chi connectivity index (χ2n) is 6.40. The molecule has 21 heavy (non-hydrogen) atoms. The van der Waals surface area contributed by atoms with Crippen LogP contribution in [0.15, 0.2) is 45.8 Å². The van der Waals surface area contributed by atoms with Crippen molar-refractivity contribution in [3.63, 3.8) is 0 Å². The molecule has 0 bridgehead atoms. The first kappa shape index (κ1) is 15.6.